The monoisotopic (exact) mass is 266 g/mol. The third-order valence-corrected chi connectivity index (χ3v) is 3.16. The fraction of sp³-hybridized carbons (Fsp3) is 0.167. The second kappa shape index (κ2) is 5.59. The molecule has 1 aromatic carbocycles. The number of nitrogens with zero attached hydrogens (tertiary/aromatic N) is 1. The summed E-state index contributed by atoms with van der Waals surface area (Å²) in [4.78, 5) is 15.7. The molecule has 0 fully saturated rings. The van der Waals surface area contributed by atoms with Crippen LogP contribution in [-0.4, -0.2) is 18.1 Å². The van der Waals surface area contributed by atoms with E-state index in [9.17, 15) is 9.18 Å². The van der Waals surface area contributed by atoms with Gasteiger partial charge in [-0.1, -0.05) is 23.5 Å². The van der Waals surface area contributed by atoms with Crippen molar-refractivity contribution in [3.63, 3.8) is 0 Å². The number of carbonyl (C=O) groups is 1. The van der Waals surface area contributed by atoms with E-state index < -0.39 is 5.97 Å². The van der Waals surface area contributed by atoms with Crippen LogP contribution in [0.3, 0.4) is 0 Å². The van der Waals surface area contributed by atoms with E-state index in [1.807, 2.05) is 6.07 Å². The highest BCUT2D eigenvalue weighted by molar-refractivity contribution is 7.17. The Kier molecular flexibility index (Phi) is 3.88. The molecule has 1 heterocycles. The van der Waals surface area contributed by atoms with E-state index in [1.54, 1.807) is 6.07 Å². The van der Waals surface area contributed by atoms with Gasteiger partial charge in [-0.3, -0.25) is 0 Å². The van der Waals surface area contributed by atoms with Gasteiger partial charge in [0, 0.05) is 6.54 Å². The molecule has 0 aliphatic rings. The lowest BCUT2D eigenvalue weighted by molar-refractivity contribution is 0.0606. The Morgan fingerprint density at radius 1 is 1.56 bits per heavy atom. The average Bonchev–Trinajstić information content (AvgIpc) is 2.84. The first-order valence-electron chi connectivity index (χ1n) is 5.21. The summed E-state index contributed by atoms with van der Waals surface area (Å²) >= 11 is 1.20. The quantitative estimate of drug-likeness (QED) is 0.864. The zero-order valence-electron chi connectivity index (χ0n) is 9.64. The lowest BCUT2D eigenvalue weighted by atomic mass is 10.2. The zero-order valence-corrected chi connectivity index (χ0v) is 10.5. The number of esters is 1. The molecule has 4 nitrogen and oxygen atoms in total. The Morgan fingerprint density at radius 3 is 3.11 bits per heavy atom. The predicted molar refractivity (Wildman–Crippen MR) is 67.2 cm³/mol. The Balaban J connectivity index is 1.98. The molecule has 0 radical (unpaired) electrons. The van der Waals surface area contributed by atoms with Crippen molar-refractivity contribution in [2.45, 2.75) is 6.54 Å². The number of benzene rings is 1. The molecule has 6 heteroatoms. The molecule has 0 amide bonds. The van der Waals surface area contributed by atoms with Crippen molar-refractivity contribution in [3.05, 3.63) is 46.7 Å². The normalized spacial score (nSPS) is 10.1. The van der Waals surface area contributed by atoms with E-state index in [4.69, 9.17) is 0 Å². The summed E-state index contributed by atoms with van der Waals surface area (Å²) < 4.78 is 17.5. The van der Waals surface area contributed by atoms with Crippen molar-refractivity contribution < 1.29 is 13.9 Å². The first kappa shape index (κ1) is 12.5. The van der Waals surface area contributed by atoms with Crippen LogP contribution >= 0.6 is 11.3 Å². The molecule has 0 saturated heterocycles. The number of nitrogens with one attached hydrogen (secondary N) is 1. The van der Waals surface area contributed by atoms with Gasteiger partial charge in [0.15, 0.2) is 5.13 Å². The van der Waals surface area contributed by atoms with Gasteiger partial charge in [-0.15, -0.1) is 0 Å². The number of anilines is 1. The minimum absolute atomic E-state index is 0.274. The lowest BCUT2D eigenvalue weighted by Crippen LogP contribution is -1.99. The fourth-order valence-corrected chi connectivity index (χ4v) is 2.11. The summed E-state index contributed by atoms with van der Waals surface area (Å²) in [6, 6.07) is 6.29. The maximum absolute atomic E-state index is 12.9. The van der Waals surface area contributed by atoms with E-state index in [2.05, 4.69) is 15.0 Å². The number of hydrogen-bond acceptors (Lipinski definition) is 5. The van der Waals surface area contributed by atoms with Crippen molar-refractivity contribution in [1.82, 2.24) is 4.98 Å². The summed E-state index contributed by atoms with van der Waals surface area (Å²) in [5.41, 5.74) is 0.810. The molecule has 0 bridgehead atoms. The highest BCUT2D eigenvalue weighted by atomic mass is 32.1. The first-order valence-corrected chi connectivity index (χ1v) is 6.03. The van der Waals surface area contributed by atoms with E-state index in [0.29, 0.717) is 16.6 Å². The van der Waals surface area contributed by atoms with Crippen LogP contribution in [0.15, 0.2) is 30.5 Å². The van der Waals surface area contributed by atoms with Gasteiger partial charge < -0.3 is 10.1 Å². The lowest BCUT2D eigenvalue weighted by Gasteiger charge is -2.02. The molecule has 1 aromatic heterocycles. The van der Waals surface area contributed by atoms with Crippen LogP contribution in [0.2, 0.25) is 0 Å². The molecule has 0 spiro atoms. The van der Waals surface area contributed by atoms with Crippen LogP contribution in [0.4, 0.5) is 9.52 Å². The van der Waals surface area contributed by atoms with Crippen molar-refractivity contribution in [1.29, 1.82) is 0 Å². The number of aromatic nitrogens is 1. The third kappa shape index (κ3) is 3.04. The zero-order chi connectivity index (χ0) is 13.0. The molecular weight excluding hydrogens is 255 g/mol. The van der Waals surface area contributed by atoms with Crippen LogP contribution in [0, 0.1) is 5.82 Å². The Labute approximate surface area is 107 Å². The van der Waals surface area contributed by atoms with E-state index in [-0.39, 0.29) is 5.82 Å². The molecule has 2 rings (SSSR count). The molecule has 0 aliphatic carbocycles. The summed E-state index contributed by atoms with van der Waals surface area (Å²) in [6.45, 7) is 0.450. The highest BCUT2D eigenvalue weighted by Crippen LogP contribution is 2.19. The predicted octanol–water partition coefficient (Wildman–Crippen LogP) is 2.68. The number of carbonyl (C=O) groups excluding carboxylic acids is 1. The van der Waals surface area contributed by atoms with Crippen LogP contribution in [0.5, 0.6) is 0 Å². The van der Waals surface area contributed by atoms with Crippen LogP contribution in [0.1, 0.15) is 15.2 Å². The Morgan fingerprint density at radius 2 is 2.39 bits per heavy atom. The van der Waals surface area contributed by atoms with Crippen LogP contribution < -0.4 is 5.32 Å². The van der Waals surface area contributed by atoms with Gasteiger partial charge >= 0.3 is 5.97 Å². The number of ether oxygens (including phenoxy) is 1. The smallest absolute Gasteiger partial charge is 0.349 e. The number of halogens is 1. The molecular formula is C12H11FN2O2S. The van der Waals surface area contributed by atoms with Crippen LogP contribution in [-0.2, 0) is 11.3 Å². The highest BCUT2D eigenvalue weighted by Gasteiger charge is 2.10. The van der Waals surface area contributed by atoms with Gasteiger partial charge in [0.05, 0.1) is 13.3 Å². The van der Waals surface area contributed by atoms with E-state index in [0.717, 1.165) is 5.56 Å². The van der Waals surface area contributed by atoms with Crippen molar-refractivity contribution in [2.24, 2.45) is 0 Å². The molecule has 2 aromatic rings. The summed E-state index contributed by atoms with van der Waals surface area (Å²) in [6.07, 6.45) is 1.45. The van der Waals surface area contributed by atoms with Crippen LogP contribution in [0.25, 0.3) is 0 Å². The molecule has 94 valence electrons. The Bertz CT molecular complexity index is 557. The van der Waals surface area contributed by atoms with Crippen molar-refractivity contribution in [3.8, 4) is 0 Å². The van der Waals surface area contributed by atoms with Gasteiger partial charge in [-0.2, -0.15) is 0 Å². The second-order valence-electron chi connectivity index (χ2n) is 3.50. The van der Waals surface area contributed by atoms with Gasteiger partial charge in [0.2, 0.25) is 0 Å². The van der Waals surface area contributed by atoms with Crippen molar-refractivity contribution >= 4 is 22.4 Å². The molecule has 0 aliphatic heterocycles. The topological polar surface area (TPSA) is 51.2 Å². The summed E-state index contributed by atoms with van der Waals surface area (Å²) in [5.74, 6) is -0.685. The average molecular weight is 266 g/mol. The Hall–Kier alpha value is -1.95. The maximum atomic E-state index is 12.9. The SMILES string of the molecule is COC(=O)c1cnc(NCc2cccc(F)c2)s1. The molecule has 0 atom stereocenters. The number of hydrogen-bond donors (Lipinski definition) is 1. The largest absolute Gasteiger partial charge is 0.465 e. The number of thiazole rings is 1. The first-order chi connectivity index (χ1) is 8.69. The number of methoxy groups -OCH3 is 1. The van der Waals surface area contributed by atoms with E-state index in [1.165, 1.54) is 36.8 Å². The molecule has 18 heavy (non-hydrogen) atoms. The van der Waals surface area contributed by atoms with Gasteiger partial charge in [-0.05, 0) is 17.7 Å². The molecule has 0 saturated carbocycles. The summed E-state index contributed by atoms with van der Waals surface area (Å²) in [7, 11) is 1.32. The minimum Gasteiger partial charge on any atom is -0.465 e. The number of rotatable bonds is 4. The van der Waals surface area contributed by atoms with Crippen molar-refractivity contribution in [2.75, 3.05) is 12.4 Å². The molecule has 1 N–H and O–H groups in total. The fourth-order valence-electron chi connectivity index (χ4n) is 1.38. The summed E-state index contributed by atoms with van der Waals surface area (Å²) in [5, 5.41) is 3.62. The maximum Gasteiger partial charge on any atom is 0.349 e. The third-order valence-electron chi connectivity index (χ3n) is 2.23. The van der Waals surface area contributed by atoms with Gasteiger partial charge in [0.1, 0.15) is 10.7 Å². The van der Waals surface area contributed by atoms with Gasteiger partial charge in [-0.25, -0.2) is 14.2 Å². The van der Waals surface area contributed by atoms with Gasteiger partial charge in [0.25, 0.3) is 0 Å². The van der Waals surface area contributed by atoms with E-state index >= 15 is 0 Å². The molecule has 0 unspecified atom stereocenters. The second-order valence-corrected chi connectivity index (χ2v) is 4.54. The standard InChI is InChI=1S/C12H11FN2O2S/c1-17-11(16)10-7-15-12(18-10)14-6-8-3-2-4-9(13)5-8/h2-5,7H,6H2,1H3,(H,14,15). The minimum atomic E-state index is -0.411.